The number of hydrogen-bond donors (Lipinski definition) is 5. The molecule has 1 saturated heterocycles. The lowest BCUT2D eigenvalue weighted by atomic mass is 9.99. The van der Waals surface area contributed by atoms with Crippen molar-refractivity contribution in [1.82, 2.24) is 9.55 Å². The van der Waals surface area contributed by atoms with Gasteiger partial charge in [-0.15, -0.1) is 0 Å². The molecule has 124 valence electrons. The lowest BCUT2D eigenvalue weighted by Crippen LogP contribution is -2.46. The molecular weight excluding hydrogens is 323 g/mol. The lowest BCUT2D eigenvalue weighted by molar-refractivity contribution is -0.169. The van der Waals surface area contributed by atoms with Crippen LogP contribution < -0.4 is 11.2 Å². The Bertz CT molecular complexity index is 705. The first-order valence-electron chi connectivity index (χ1n) is 6.06. The van der Waals surface area contributed by atoms with Gasteiger partial charge in [0.15, 0.2) is 18.9 Å². The third kappa shape index (κ3) is 3.36. The fraction of sp³-hybridized carbons (Fsp3) is 0.600. The zero-order valence-electron chi connectivity index (χ0n) is 11.3. The molecule has 1 aromatic rings. The molecule has 4 atom stereocenters. The minimum absolute atomic E-state index is 0.659. The van der Waals surface area contributed by atoms with Gasteiger partial charge < -0.3 is 29.5 Å². The van der Waals surface area contributed by atoms with Crippen molar-refractivity contribution in [2.75, 3.05) is 6.35 Å². The average Bonchev–Trinajstić information content (AvgIpc) is 2.59. The molecular formula is C10H15N2O9P. The van der Waals surface area contributed by atoms with Crippen LogP contribution in [0.5, 0.6) is 0 Å². The van der Waals surface area contributed by atoms with Crippen molar-refractivity contribution in [3.8, 4) is 0 Å². The topological polar surface area (TPSA) is 171 Å². The fourth-order valence-corrected chi connectivity index (χ4v) is 2.36. The highest BCUT2D eigenvalue weighted by atomic mass is 31.2. The Morgan fingerprint density at radius 1 is 1.50 bits per heavy atom. The second kappa shape index (κ2) is 5.70. The van der Waals surface area contributed by atoms with E-state index in [1.54, 1.807) is 0 Å². The van der Waals surface area contributed by atoms with Crippen LogP contribution in [-0.4, -0.2) is 53.9 Å². The zero-order chi connectivity index (χ0) is 16.7. The molecule has 2 rings (SSSR count). The number of ether oxygens (including phenoxy) is 2. The Balaban J connectivity index is 2.28. The van der Waals surface area contributed by atoms with E-state index in [-0.39, 0.29) is 0 Å². The van der Waals surface area contributed by atoms with Gasteiger partial charge in [0.1, 0.15) is 11.7 Å². The summed E-state index contributed by atoms with van der Waals surface area (Å²) in [7, 11) is -4.51. The van der Waals surface area contributed by atoms with Crippen LogP contribution in [0, 0.1) is 0 Å². The monoisotopic (exact) mass is 338 g/mol. The third-order valence-corrected chi connectivity index (χ3v) is 3.62. The summed E-state index contributed by atoms with van der Waals surface area (Å²) in [5.41, 5.74) is -3.55. The molecule has 0 spiro atoms. The Labute approximate surface area is 122 Å². The highest BCUT2D eigenvalue weighted by Crippen LogP contribution is 2.41. The summed E-state index contributed by atoms with van der Waals surface area (Å²) < 4.78 is 21.5. The van der Waals surface area contributed by atoms with Gasteiger partial charge in [-0.2, -0.15) is 0 Å². The van der Waals surface area contributed by atoms with E-state index >= 15 is 0 Å². The van der Waals surface area contributed by atoms with Gasteiger partial charge in [-0.3, -0.25) is 18.9 Å². The standard InChI is InChI=1S/C10H15N2O9P/c1-10(16)6(14)7(20-4-22(17,18)19)21-8(10)12-3-2-5(13)11-9(12)15/h2-3,6-8,14,16H,4H2,1H3,(H,11,13,15)(H2,17,18,19). The van der Waals surface area contributed by atoms with Crippen LogP contribution in [0.4, 0.5) is 0 Å². The summed E-state index contributed by atoms with van der Waals surface area (Å²) in [5.74, 6) is 0. The molecule has 0 radical (unpaired) electrons. The molecule has 1 aromatic heterocycles. The summed E-state index contributed by atoms with van der Waals surface area (Å²) >= 11 is 0. The van der Waals surface area contributed by atoms with E-state index in [0.717, 1.165) is 23.8 Å². The minimum atomic E-state index is -4.51. The van der Waals surface area contributed by atoms with Gasteiger partial charge in [0.05, 0.1) is 0 Å². The molecule has 11 nitrogen and oxygen atoms in total. The van der Waals surface area contributed by atoms with Gasteiger partial charge in [0, 0.05) is 12.3 Å². The van der Waals surface area contributed by atoms with Crippen molar-refractivity contribution in [1.29, 1.82) is 0 Å². The van der Waals surface area contributed by atoms with Crippen LogP contribution in [-0.2, 0) is 14.0 Å². The largest absolute Gasteiger partial charge is 0.385 e. The number of aliphatic hydroxyl groups excluding tert-OH is 1. The molecule has 1 aliphatic rings. The first-order chi connectivity index (χ1) is 10.0. The second-order valence-electron chi connectivity index (χ2n) is 5.01. The number of nitrogens with zero attached hydrogens (tertiary/aromatic N) is 1. The first kappa shape index (κ1) is 17.0. The number of nitrogens with one attached hydrogen (secondary N) is 1. The smallest absolute Gasteiger partial charge is 0.351 e. The number of aliphatic hydroxyl groups is 2. The van der Waals surface area contributed by atoms with E-state index in [1.807, 2.05) is 4.98 Å². The fourth-order valence-electron chi connectivity index (χ4n) is 2.02. The summed E-state index contributed by atoms with van der Waals surface area (Å²) in [6.07, 6.45) is -4.64. The van der Waals surface area contributed by atoms with E-state index in [4.69, 9.17) is 19.3 Å². The van der Waals surface area contributed by atoms with Crippen molar-refractivity contribution in [3.63, 3.8) is 0 Å². The van der Waals surface area contributed by atoms with Gasteiger partial charge in [0.2, 0.25) is 0 Å². The van der Waals surface area contributed by atoms with Crippen LogP contribution in [0.1, 0.15) is 13.2 Å². The summed E-state index contributed by atoms with van der Waals surface area (Å²) in [6, 6.07) is 1.01. The maximum atomic E-state index is 11.7. The van der Waals surface area contributed by atoms with E-state index in [9.17, 15) is 24.4 Å². The van der Waals surface area contributed by atoms with Gasteiger partial charge >= 0.3 is 13.3 Å². The van der Waals surface area contributed by atoms with Crippen molar-refractivity contribution in [3.05, 3.63) is 33.1 Å². The van der Waals surface area contributed by atoms with Gasteiger partial charge in [-0.05, 0) is 6.92 Å². The highest BCUT2D eigenvalue weighted by molar-refractivity contribution is 7.51. The maximum absolute atomic E-state index is 11.7. The Kier molecular flexibility index (Phi) is 4.42. The van der Waals surface area contributed by atoms with Crippen LogP contribution in [0.15, 0.2) is 21.9 Å². The normalized spacial score (nSPS) is 32.3. The van der Waals surface area contributed by atoms with E-state index in [1.165, 1.54) is 0 Å². The molecule has 1 aliphatic heterocycles. The zero-order valence-corrected chi connectivity index (χ0v) is 12.2. The minimum Gasteiger partial charge on any atom is -0.385 e. The molecule has 0 aromatic carbocycles. The summed E-state index contributed by atoms with van der Waals surface area (Å²) in [6.45, 7) is 1.15. The molecule has 0 saturated carbocycles. The molecule has 4 unspecified atom stereocenters. The molecule has 12 heteroatoms. The van der Waals surface area contributed by atoms with E-state index in [0.29, 0.717) is 0 Å². The molecule has 2 heterocycles. The van der Waals surface area contributed by atoms with Gasteiger partial charge in [-0.1, -0.05) is 0 Å². The number of hydrogen-bond acceptors (Lipinski definition) is 7. The van der Waals surface area contributed by atoms with Crippen molar-refractivity contribution >= 4 is 7.60 Å². The predicted octanol–water partition coefficient (Wildman–Crippen LogP) is -2.34. The SMILES string of the molecule is CC1(O)C(O)C(OCP(=O)(O)O)OC1n1ccc(=O)[nH]c1=O. The van der Waals surface area contributed by atoms with Gasteiger partial charge in [-0.25, -0.2) is 4.79 Å². The van der Waals surface area contributed by atoms with Crippen molar-refractivity contribution in [2.45, 2.75) is 31.1 Å². The number of aromatic amines is 1. The average molecular weight is 338 g/mol. The third-order valence-electron chi connectivity index (χ3n) is 3.13. The van der Waals surface area contributed by atoms with Crippen LogP contribution >= 0.6 is 7.60 Å². The Morgan fingerprint density at radius 2 is 2.14 bits per heavy atom. The van der Waals surface area contributed by atoms with Crippen molar-refractivity contribution < 1.29 is 34.0 Å². The second-order valence-corrected chi connectivity index (χ2v) is 6.59. The van der Waals surface area contributed by atoms with Crippen molar-refractivity contribution in [2.24, 2.45) is 0 Å². The number of H-pyrrole nitrogens is 1. The molecule has 5 N–H and O–H groups in total. The summed E-state index contributed by atoms with van der Waals surface area (Å²) in [4.78, 5) is 42.2. The maximum Gasteiger partial charge on any atom is 0.351 e. The highest BCUT2D eigenvalue weighted by Gasteiger charge is 2.54. The molecule has 0 bridgehead atoms. The van der Waals surface area contributed by atoms with Crippen LogP contribution in [0.2, 0.25) is 0 Å². The summed E-state index contributed by atoms with van der Waals surface area (Å²) in [5, 5.41) is 20.2. The molecule has 0 amide bonds. The quantitative estimate of drug-likeness (QED) is 0.377. The number of rotatable bonds is 4. The lowest BCUT2D eigenvalue weighted by Gasteiger charge is -2.26. The molecule has 1 fully saturated rings. The van der Waals surface area contributed by atoms with Gasteiger partial charge in [0.25, 0.3) is 5.56 Å². The van der Waals surface area contributed by atoms with E-state index in [2.05, 4.69) is 0 Å². The first-order valence-corrected chi connectivity index (χ1v) is 7.85. The predicted molar refractivity (Wildman–Crippen MR) is 69.9 cm³/mol. The molecule has 0 aliphatic carbocycles. The number of aromatic nitrogens is 2. The van der Waals surface area contributed by atoms with Crippen LogP contribution in [0.3, 0.4) is 0 Å². The molecule has 22 heavy (non-hydrogen) atoms. The Morgan fingerprint density at radius 3 is 2.68 bits per heavy atom. The van der Waals surface area contributed by atoms with Crippen LogP contribution in [0.25, 0.3) is 0 Å². The Hall–Kier alpha value is -1.33. The van der Waals surface area contributed by atoms with E-state index < -0.39 is 49.4 Å².